The molecule has 0 amide bonds. The van der Waals surface area contributed by atoms with Gasteiger partial charge in [-0.3, -0.25) is 9.97 Å². The Hall–Kier alpha value is -6.40. The molecule has 5 aromatic carbocycles. The molecule has 7 aromatic rings. The molecule has 0 bridgehead atoms. The molecule has 2 aromatic heterocycles. The first-order valence-electron chi connectivity index (χ1n) is 20.5. The van der Waals surface area contributed by atoms with E-state index in [1.54, 1.807) is 0 Å². The lowest BCUT2D eigenvalue weighted by molar-refractivity contribution is 0.0618. The molecular formula is C53H48N4O2. The Labute approximate surface area is 346 Å². The van der Waals surface area contributed by atoms with Crippen LogP contribution in [0.1, 0.15) is 88.8 Å². The van der Waals surface area contributed by atoms with Gasteiger partial charge in [-0.1, -0.05) is 97.1 Å². The van der Waals surface area contributed by atoms with Crippen molar-refractivity contribution in [3.63, 3.8) is 0 Å². The molecule has 0 atom stereocenters. The van der Waals surface area contributed by atoms with E-state index in [1.165, 1.54) is 38.8 Å². The maximum Gasteiger partial charge on any atom is 0.218 e. The van der Waals surface area contributed by atoms with E-state index in [0.29, 0.717) is 11.8 Å². The molecule has 6 heteroatoms. The van der Waals surface area contributed by atoms with Crippen LogP contribution in [0.4, 0.5) is 0 Å². The summed E-state index contributed by atoms with van der Waals surface area (Å²) in [4.78, 5) is 19.6. The van der Waals surface area contributed by atoms with Gasteiger partial charge in [0.15, 0.2) is 0 Å². The zero-order valence-corrected chi connectivity index (χ0v) is 35.0. The number of benzene rings is 5. The van der Waals surface area contributed by atoms with Crippen molar-refractivity contribution in [2.24, 2.45) is 9.98 Å². The molecule has 0 saturated carbocycles. The van der Waals surface area contributed by atoms with Crippen molar-refractivity contribution in [1.29, 1.82) is 0 Å². The Balaban J connectivity index is 1.22. The number of aromatic nitrogens is 2. The van der Waals surface area contributed by atoms with Gasteiger partial charge in [-0.05, 0) is 135 Å². The predicted molar refractivity (Wildman–Crippen MR) is 239 cm³/mol. The van der Waals surface area contributed by atoms with Crippen molar-refractivity contribution in [2.75, 3.05) is 0 Å². The van der Waals surface area contributed by atoms with Gasteiger partial charge in [-0.2, -0.15) is 0 Å². The molecule has 1 aliphatic carbocycles. The maximum atomic E-state index is 6.49. The van der Waals surface area contributed by atoms with Gasteiger partial charge in [0, 0.05) is 35.9 Å². The van der Waals surface area contributed by atoms with Crippen LogP contribution in [0.3, 0.4) is 0 Å². The lowest BCUT2D eigenvalue weighted by atomic mass is 9.67. The van der Waals surface area contributed by atoms with E-state index in [2.05, 4.69) is 177 Å². The van der Waals surface area contributed by atoms with Crippen LogP contribution in [0.2, 0.25) is 0 Å². The largest absolute Gasteiger partial charge is 0.469 e. The van der Waals surface area contributed by atoms with Gasteiger partial charge in [0.2, 0.25) is 11.8 Å². The van der Waals surface area contributed by atoms with Crippen LogP contribution in [0.15, 0.2) is 156 Å². The molecule has 6 nitrogen and oxygen atoms in total. The highest BCUT2D eigenvalue weighted by Gasteiger charge is 2.49. The molecule has 0 radical (unpaired) electrons. The minimum Gasteiger partial charge on any atom is -0.469 e. The van der Waals surface area contributed by atoms with Crippen molar-refractivity contribution in [2.45, 2.75) is 83.1 Å². The molecule has 0 saturated heterocycles. The summed E-state index contributed by atoms with van der Waals surface area (Å²) >= 11 is 0. The minimum atomic E-state index is -0.655. The average Bonchev–Trinajstić information content (AvgIpc) is 3.75. The second-order valence-corrected chi connectivity index (χ2v) is 18.2. The van der Waals surface area contributed by atoms with Gasteiger partial charge in [-0.15, -0.1) is 0 Å². The number of hydrogen-bond acceptors (Lipinski definition) is 6. The molecule has 10 rings (SSSR count). The molecule has 0 unspecified atom stereocenters. The number of rotatable bonds is 6. The van der Waals surface area contributed by atoms with E-state index in [1.807, 2.05) is 24.8 Å². The molecule has 59 heavy (non-hydrogen) atoms. The summed E-state index contributed by atoms with van der Waals surface area (Å²) in [6.07, 6.45) is 7.63. The lowest BCUT2D eigenvalue weighted by Gasteiger charge is -2.34. The van der Waals surface area contributed by atoms with Gasteiger partial charge >= 0.3 is 0 Å². The Kier molecular flexibility index (Phi) is 8.01. The van der Waals surface area contributed by atoms with E-state index in [0.717, 1.165) is 38.8 Å². The van der Waals surface area contributed by atoms with Crippen LogP contribution in [-0.2, 0) is 14.9 Å². The third kappa shape index (κ3) is 5.52. The summed E-state index contributed by atoms with van der Waals surface area (Å²) in [5.74, 6) is 1.25. The Morgan fingerprint density at radius 2 is 0.898 bits per heavy atom. The molecule has 2 aliphatic heterocycles. The van der Waals surface area contributed by atoms with Gasteiger partial charge in [0.05, 0.1) is 27.6 Å². The van der Waals surface area contributed by atoms with E-state index in [4.69, 9.17) is 29.4 Å². The molecule has 4 heterocycles. The van der Waals surface area contributed by atoms with Crippen molar-refractivity contribution in [1.82, 2.24) is 9.97 Å². The summed E-state index contributed by atoms with van der Waals surface area (Å²) in [7, 11) is 0. The average molecular weight is 773 g/mol. The quantitative estimate of drug-likeness (QED) is 0.169. The summed E-state index contributed by atoms with van der Waals surface area (Å²) in [5, 5.41) is 2.35. The van der Waals surface area contributed by atoms with E-state index in [-0.39, 0.29) is 11.1 Å². The highest BCUT2D eigenvalue weighted by molar-refractivity contribution is 6.11. The lowest BCUT2D eigenvalue weighted by Crippen LogP contribution is -2.41. The van der Waals surface area contributed by atoms with Gasteiger partial charge in [-0.25, -0.2) is 9.98 Å². The first-order chi connectivity index (χ1) is 28.2. The first-order valence-corrected chi connectivity index (χ1v) is 20.5. The molecular weight excluding hydrogens is 725 g/mol. The number of hydrogen-bond donors (Lipinski definition) is 0. The molecule has 0 spiro atoms. The van der Waals surface area contributed by atoms with Crippen molar-refractivity contribution < 1.29 is 9.47 Å². The van der Waals surface area contributed by atoms with Gasteiger partial charge in [0.1, 0.15) is 11.2 Å². The molecule has 0 fully saturated rings. The highest BCUT2D eigenvalue weighted by atomic mass is 16.5. The number of aliphatic imine (C=N–C) groups is 2. The van der Waals surface area contributed by atoms with Gasteiger partial charge in [0.25, 0.3) is 0 Å². The van der Waals surface area contributed by atoms with E-state index in [9.17, 15) is 0 Å². The second-order valence-electron chi connectivity index (χ2n) is 18.2. The fourth-order valence-corrected chi connectivity index (χ4v) is 8.98. The summed E-state index contributed by atoms with van der Waals surface area (Å²) in [6, 6.07) is 44.4. The van der Waals surface area contributed by atoms with Gasteiger partial charge < -0.3 is 9.47 Å². The topological polar surface area (TPSA) is 69.0 Å². The summed E-state index contributed by atoms with van der Waals surface area (Å²) in [6.45, 7) is 16.8. The molecule has 292 valence electrons. The number of nitrogens with zero attached hydrogens (tertiary/aromatic N) is 4. The smallest absolute Gasteiger partial charge is 0.218 e. The Bertz CT molecular complexity index is 2850. The monoisotopic (exact) mass is 772 g/mol. The number of ether oxygens (including phenoxy) is 2. The Morgan fingerprint density at radius 3 is 1.44 bits per heavy atom. The van der Waals surface area contributed by atoms with Crippen LogP contribution in [0.25, 0.3) is 44.2 Å². The van der Waals surface area contributed by atoms with Crippen LogP contribution < -0.4 is 0 Å². The third-order valence-electron chi connectivity index (χ3n) is 13.6. The summed E-state index contributed by atoms with van der Waals surface area (Å²) in [5.41, 5.74) is 10.9. The summed E-state index contributed by atoms with van der Waals surface area (Å²) < 4.78 is 12.9. The van der Waals surface area contributed by atoms with Crippen molar-refractivity contribution in [3.05, 3.63) is 179 Å². The highest BCUT2D eigenvalue weighted by Crippen LogP contribution is 2.59. The second kappa shape index (κ2) is 12.8. The minimum absolute atomic E-state index is 0.367. The zero-order valence-electron chi connectivity index (χ0n) is 35.0. The van der Waals surface area contributed by atoms with Crippen LogP contribution in [0.5, 0.6) is 0 Å². The van der Waals surface area contributed by atoms with E-state index >= 15 is 0 Å². The van der Waals surface area contributed by atoms with Crippen molar-refractivity contribution in [3.8, 4) is 33.4 Å². The Morgan fingerprint density at radius 1 is 0.407 bits per heavy atom. The number of pyridine rings is 2. The van der Waals surface area contributed by atoms with Crippen molar-refractivity contribution >= 4 is 22.6 Å². The predicted octanol–water partition coefficient (Wildman–Crippen LogP) is 12.0. The van der Waals surface area contributed by atoms with Crippen LogP contribution >= 0.6 is 0 Å². The van der Waals surface area contributed by atoms with Crippen LogP contribution in [-0.4, -0.2) is 44.0 Å². The maximum absolute atomic E-state index is 6.49. The fourth-order valence-electron chi connectivity index (χ4n) is 8.98. The standard InChI is InChI=1S/C53H48N4O2/c1-49(2)51(5,6)58-47(56-49)36-25-34(29-54-31-36)33-23-24-42-44(27-33)53(38-17-11-9-12-18-38,39-19-13-10-14-20-39)45-28-43(40-21-15-16-22-41(40)46(42)45)35-26-37(32-55-30-35)48-57-50(3,4)52(7,8)59-48/h9-32H,1-8H3. The molecule has 0 N–H and O–H groups in total. The normalized spacial score (nSPS) is 18.6. The third-order valence-corrected chi connectivity index (χ3v) is 13.6. The van der Waals surface area contributed by atoms with E-state index < -0.39 is 16.6 Å². The van der Waals surface area contributed by atoms with Crippen LogP contribution in [0, 0.1) is 0 Å². The fraction of sp³-hybridized carbons (Fsp3) is 0.245. The number of fused-ring (bicyclic) bond motifs is 5. The first kappa shape index (κ1) is 36.9. The molecule has 3 aliphatic rings. The zero-order chi connectivity index (χ0) is 41.0. The SMILES string of the molecule is CC1(C)N=C(c2cncc(-c3ccc4c(c3)C(c3ccccc3)(c3ccccc3)c3cc(-c5cncc(C6=NC(C)(C)C(C)(C)O6)c5)c5ccccc5c3-4)c2)OC1(C)C.